The van der Waals surface area contributed by atoms with Gasteiger partial charge in [-0.05, 0) is 49.2 Å². The van der Waals surface area contributed by atoms with Gasteiger partial charge in [0.25, 0.3) is 0 Å². The van der Waals surface area contributed by atoms with E-state index in [0.717, 1.165) is 10.4 Å². The van der Waals surface area contributed by atoms with Crippen LogP contribution < -0.4 is 4.90 Å². The maximum atomic E-state index is 6.06. The second-order valence-electron chi connectivity index (χ2n) is 4.76. The van der Waals surface area contributed by atoms with E-state index in [1.54, 1.807) is 0 Å². The van der Waals surface area contributed by atoms with Crippen molar-refractivity contribution >= 4 is 38.9 Å². The van der Waals surface area contributed by atoms with Crippen LogP contribution in [-0.4, -0.2) is 7.05 Å². The monoisotopic (exact) mass is 337 g/mol. The van der Waals surface area contributed by atoms with E-state index in [-0.39, 0.29) is 0 Å². The van der Waals surface area contributed by atoms with Crippen LogP contribution in [0.4, 0.5) is 11.4 Å². The molecule has 0 radical (unpaired) electrons. The Bertz CT molecular complexity index is 595. The van der Waals surface area contributed by atoms with E-state index >= 15 is 0 Å². The van der Waals surface area contributed by atoms with E-state index in [1.807, 2.05) is 12.1 Å². The molecular formula is C16H17BrClN. The molecule has 0 aliphatic heterocycles. The lowest BCUT2D eigenvalue weighted by Gasteiger charge is -2.24. The van der Waals surface area contributed by atoms with Gasteiger partial charge in [-0.15, -0.1) is 0 Å². The van der Waals surface area contributed by atoms with Crippen LogP contribution in [0.2, 0.25) is 5.02 Å². The van der Waals surface area contributed by atoms with Gasteiger partial charge in [0, 0.05) is 28.8 Å². The van der Waals surface area contributed by atoms with Crippen LogP contribution in [0.1, 0.15) is 16.7 Å². The second kappa shape index (κ2) is 5.98. The molecule has 0 atom stereocenters. The topological polar surface area (TPSA) is 3.24 Å². The lowest BCUT2D eigenvalue weighted by molar-refractivity contribution is 1.16. The molecule has 0 saturated heterocycles. The van der Waals surface area contributed by atoms with Gasteiger partial charge < -0.3 is 4.90 Å². The third-order valence-corrected chi connectivity index (χ3v) is 4.10. The van der Waals surface area contributed by atoms with Crippen molar-refractivity contribution in [2.75, 3.05) is 11.9 Å². The van der Waals surface area contributed by atoms with E-state index in [0.29, 0.717) is 0 Å². The summed E-state index contributed by atoms with van der Waals surface area (Å²) in [6.07, 6.45) is 0. The van der Waals surface area contributed by atoms with Crippen molar-refractivity contribution in [1.82, 2.24) is 0 Å². The van der Waals surface area contributed by atoms with Gasteiger partial charge in [0.15, 0.2) is 0 Å². The Morgan fingerprint density at radius 3 is 2.37 bits per heavy atom. The Labute approximate surface area is 128 Å². The maximum Gasteiger partial charge on any atom is 0.0450 e. The molecule has 2 aromatic carbocycles. The summed E-state index contributed by atoms with van der Waals surface area (Å²) in [5.74, 6) is 0. The number of rotatable bonds is 3. The molecule has 0 aliphatic carbocycles. The molecule has 100 valence electrons. The predicted octanol–water partition coefficient (Wildman–Crippen LogP) is 5.62. The van der Waals surface area contributed by atoms with Gasteiger partial charge in [-0.2, -0.15) is 0 Å². The summed E-state index contributed by atoms with van der Waals surface area (Å²) in [6, 6.07) is 12.5. The first-order valence-electron chi connectivity index (χ1n) is 6.18. The first kappa shape index (κ1) is 14.4. The van der Waals surface area contributed by atoms with E-state index in [2.05, 4.69) is 66.0 Å². The number of benzene rings is 2. The minimum Gasteiger partial charge on any atom is -0.344 e. The van der Waals surface area contributed by atoms with E-state index < -0.39 is 0 Å². The highest BCUT2D eigenvalue weighted by atomic mass is 79.9. The summed E-state index contributed by atoms with van der Waals surface area (Å²) in [7, 11) is 2.09. The van der Waals surface area contributed by atoms with Crippen molar-refractivity contribution in [2.24, 2.45) is 0 Å². The summed E-state index contributed by atoms with van der Waals surface area (Å²) >= 11 is 9.59. The quantitative estimate of drug-likeness (QED) is 0.657. The number of hydrogen-bond donors (Lipinski definition) is 0. The molecule has 0 saturated carbocycles. The summed E-state index contributed by atoms with van der Waals surface area (Å²) in [5, 5.41) is 1.56. The van der Waals surface area contributed by atoms with Crippen molar-refractivity contribution in [3.8, 4) is 0 Å². The number of halogens is 2. The van der Waals surface area contributed by atoms with E-state index in [9.17, 15) is 0 Å². The molecule has 0 amide bonds. The minimum atomic E-state index is 0.771. The smallest absolute Gasteiger partial charge is 0.0450 e. The van der Waals surface area contributed by atoms with Gasteiger partial charge in [0.2, 0.25) is 0 Å². The van der Waals surface area contributed by atoms with Crippen LogP contribution >= 0.6 is 27.5 Å². The third-order valence-electron chi connectivity index (χ3n) is 3.26. The number of alkyl halides is 1. The van der Waals surface area contributed by atoms with Gasteiger partial charge in [0.1, 0.15) is 0 Å². The summed E-state index contributed by atoms with van der Waals surface area (Å²) in [5.41, 5.74) is 6.14. The molecule has 0 spiro atoms. The minimum absolute atomic E-state index is 0.771. The molecule has 2 rings (SSSR count). The molecule has 3 heteroatoms. The van der Waals surface area contributed by atoms with Crippen LogP contribution in [0.25, 0.3) is 0 Å². The summed E-state index contributed by atoms with van der Waals surface area (Å²) in [4.78, 5) is 2.21. The number of hydrogen-bond acceptors (Lipinski definition) is 1. The lowest BCUT2D eigenvalue weighted by Crippen LogP contribution is -2.12. The molecular weight excluding hydrogens is 322 g/mol. The third kappa shape index (κ3) is 3.13. The average molecular weight is 339 g/mol. The van der Waals surface area contributed by atoms with Crippen molar-refractivity contribution in [1.29, 1.82) is 0 Å². The lowest BCUT2D eigenvalue weighted by atomic mass is 10.1. The molecule has 0 unspecified atom stereocenters. The standard InChI is InChI=1S/C16H17BrClN/c1-11-4-6-15(12(2)8-11)19(3)16-7-5-14(18)9-13(16)10-17/h4-9H,10H2,1-3H3. The van der Waals surface area contributed by atoms with Crippen LogP contribution in [0.15, 0.2) is 36.4 Å². The summed E-state index contributed by atoms with van der Waals surface area (Å²) < 4.78 is 0. The molecule has 0 bridgehead atoms. The molecule has 19 heavy (non-hydrogen) atoms. The molecule has 0 aromatic heterocycles. The Balaban J connectivity index is 2.46. The molecule has 1 nitrogen and oxygen atoms in total. The SMILES string of the molecule is Cc1ccc(N(C)c2ccc(Cl)cc2CBr)c(C)c1. The fourth-order valence-corrected chi connectivity index (χ4v) is 2.94. The Morgan fingerprint density at radius 1 is 1.05 bits per heavy atom. The highest BCUT2D eigenvalue weighted by Gasteiger charge is 2.11. The molecule has 0 fully saturated rings. The average Bonchev–Trinajstić information content (AvgIpc) is 2.37. The number of aryl methyl sites for hydroxylation is 2. The van der Waals surface area contributed by atoms with Gasteiger partial charge in [-0.1, -0.05) is 45.2 Å². The maximum absolute atomic E-state index is 6.06. The molecule has 0 heterocycles. The normalized spacial score (nSPS) is 10.6. The molecule has 2 aromatic rings. The largest absolute Gasteiger partial charge is 0.344 e. The molecule has 0 N–H and O–H groups in total. The highest BCUT2D eigenvalue weighted by Crippen LogP contribution is 2.32. The van der Waals surface area contributed by atoms with Crippen molar-refractivity contribution in [3.63, 3.8) is 0 Å². The van der Waals surface area contributed by atoms with Gasteiger partial charge in [-0.3, -0.25) is 0 Å². The molecule has 0 aliphatic rings. The second-order valence-corrected chi connectivity index (χ2v) is 5.75. The van der Waals surface area contributed by atoms with E-state index in [4.69, 9.17) is 11.6 Å². The zero-order valence-corrected chi connectivity index (χ0v) is 13.7. The Kier molecular flexibility index (Phi) is 4.54. The van der Waals surface area contributed by atoms with Crippen LogP contribution in [0, 0.1) is 13.8 Å². The highest BCUT2D eigenvalue weighted by molar-refractivity contribution is 9.08. The summed E-state index contributed by atoms with van der Waals surface area (Å²) in [6.45, 7) is 4.26. The zero-order valence-electron chi connectivity index (χ0n) is 11.4. The number of nitrogens with zero attached hydrogens (tertiary/aromatic N) is 1. The van der Waals surface area contributed by atoms with Gasteiger partial charge in [0.05, 0.1) is 0 Å². The van der Waals surface area contributed by atoms with Crippen LogP contribution in [0.3, 0.4) is 0 Å². The first-order valence-corrected chi connectivity index (χ1v) is 7.68. The first-order chi connectivity index (χ1) is 9.02. The van der Waals surface area contributed by atoms with E-state index in [1.165, 1.54) is 28.1 Å². The zero-order chi connectivity index (χ0) is 14.0. The van der Waals surface area contributed by atoms with Crippen LogP contribution in [0.5, 0.6) is 0 Å². The van der Waals surface area contributed by atoms with Crippen molar-refractivity contribution < 1.29 is 0 Å². The Hall–Kier alpha value is -0.990. The fraction of sp³-hybridized carbons (Fsp3) is 0.250. The van der Waals surface area contributed by atoms with Crippen LogP contribution in [-0.2, 0) is 5.33 Å². The number of anilines is 2. The van der Waals surface area contributed by atoms with Gasteiger partial charge in [-0.25, -0.2) is 0 Å². The fourth-order valence-electron chi connectivity index (χ4n) is 2.30. The van der Waals surface area contributed by atoms with Crippen molar-refractivity contribution in [2.45, 2.75) is 19.2 Å². The Morgan fingerprint density at radius 2 is 1.74 bits per heavy atom. The van der Waals surface area contributed by atoms with Crippen molar-refractivity contribution in [3.05, 3.63) is 58.1 Å². The van der Waals surface area contributed by atoms with Gasteiger partial charge >= 0.3 is 0 Å². The predicted molar refractivity (Wildman–Crippen MR) is 88.1 cm³/mol.